The van der Waals surface area contributed by atoms with Crippen molar-refractivity contribution in [2.45, 2.75) is 7.43 Å². The van der Waals surface area contributed by atoms with Crippen molar-refractivity contribution in [3.05, 3.63) is 101 Å². The molecule has 1 aliphatic rings. The molecular weight excluding hydrogens is 344 g/mol. The van der Waals surface area contributed by atoms with Gasteiger partial charge in [0, 0.05) is 11.1 Å². The fourth-order valence-electron chi connectivity index (χ4n) is 2.76. The number of aliphatic hydroxyl groups is 1. The van der Waals surface area contributed by atoms with Crippen LogP contribution in [0, 0.1) is 0 Å². The Bertz CT molecular complexity index is 997. The molecule has 0 amide bonds. The Morgan fingerprint density at radius 1 is 1.00 bits per heavy atom. The van der Waals surface area contributed by atoms with Crippen LogP contribution in [0.1, 0.15) is 38.5 Å². The minimum absolute atomic E-state index is 0. The van der Waals surface area contributed by atoms with Crippen LogP contribution >= 0.6 is 0 Å². The van der Waals surface area contributed by atoms with Crippen molar-refractivity contribution in [2.24, 2.45) is 0 Å². The highest BCUT2D eigenvalue weighted by Crippen LogP contribution is 2.35. The molecule has 0 unspecified atom stereocenters. The maximum Gasteiger partial charge on any atom is 0.343 e. The van der Waals surface area contributed by atoms with E-state index >= 15 is 0 Å². The molecule has 2 aromatic rings. The number of hydrogen-bond acceptors (Lipinski definition) is 5. The van der Waals surface area contributed by atoms with Gasteiger partial charge in [-0.15, -0.1) is 0 Å². The third kappa shape index (κ3) is 3.35. The predicted molar refractivity (Wildman–Crippen MR) is 102 cm³/mol. The molecule has 0 spiro atoms. The molecule has 0 fully saturated rings. The average molecular weight is 362 g/mol. The number of carbonyl (C=O) groups is 3. The summed E-state index contributed by atoms with van der Waals surface area (Å²) < 4.78 is 5.34. The number of benzene rings is 2. The van der Waals surface area contributed by atoms with E-state index in [1.54, 1.807) is 30.3 Å². The summed E-state index contributed by atoms with van der Waals surface area (Å²) >= 11 is 0. The molecule has 0 aliphatic heterocycles. The number of hydrogen-bond donors (Lipinski definition) is 1. The van der Waals surface area contributed by atoms with Crippen LogP contribution in [0.4, 0.5) is 0 Å². The van der Waals surface area contributed by atoms with Crippen molar-refractivity contribution in [2.75, 3.05) is 0 Å². The smallest absolute Gasteiger partial charge is 0.343 e. The van der Waals surface area contributed by atoms with Crippen molar-refractivity contribution < 1.29 is 24.2 Å². The summed E-state index contributed by atoms with van der Waals surface area (Å²) in [6.07, 6.45) is 1.20. The summed E-state index contributed by atoms with van der Waals surface area (Å²) in [6.45, 7) is 6.86. The molecule has 2 aromatic carbocycles. The van der Waals surface area contributed by atoms with Gasteiger partial charge < -0.3 is 9.84 Å². The van der Waals surface area contributed by atoms with Crippen LogP contribution in [0.5, 0.6) is 5.75 Å². The second kappa shape index (κ2) is 7.66. The Hall–Kier alpha value is -3.73. The first-order valence-corrected chi connectivity index (χ1v) is 7.70. The quantitative estimate of drug-likeness (QED) is 0.493. The molecular formula is C22H18O5. The first-order valence-electron chi connectivity index (χ1n) is 7.70. The van der Waals surface area contributed by atoms with Gasteiger partial charge in [0.1, 0.15) is 11.5 Å². The molecule has 0 saturated heterocycles. The summed E-state index contributed by atoms with van der Waals surface area (Å²) in [4.78, 5) is 37.8. The molecule has 27 heavy (non-hydrogen) atoms. The van der Waals surface area contributed by atoms with E-state index in [-0.39, 0.29) is 35.4 Å². The summed E-state index contributed by atoms with van der Waals surface area (Å²) in [5, 5.41) is 9.76. The van der Waals surface area contributed by atoms with E-state index in [1.165, 1.54) is 24.3 Å². The third-order valence-corrected chi connectivity index (χ3v) is 3.94. The molecule has 0 radical (unpaired) electrons. The molecule has 0 bridgehead atoms. The molecule has 5 nitrogen and oxygen atoms in total. The highest BCUT2D eigenvalue weighted by atomic mass is 16.5. The maximum atomic E-state index is 12.8. The number of ether oxygens (including phenoxy) is 1. The fraction of sp³-hybridized carbons (Fsp3) is 0.0455. The summed E-state index contributed by atoms with van der Waals surface area (Å²) in [6, 6.07) is 12.6. The molecule has 3 rings (SSSR count). The zero-order valence-corrected chi connectivity index (χ0v) is 13.7. The van der Waals surface area contributed by atoms with Crippen molar-refractivity contribution in [1.82, 2.24) is 0 Å². The van der Waals surface area contributed by atoms with Gasteiger partial charge in [-0.05, 0) is 18.2 Å². The average Bonchev–Trinajstić information content (AvgIpc) is 2.64. The minimum Gasteiger partial charge on any atom is -0.508 e. The van der Waals surface area contributed by atoms with Gasteiger partial charge in [-0.1, -0.05) is 57.0 Å². The van der Waals surface area contributed by atoms with Gasteiger partial charge in [0.25, 0.3) is 0 Å². The minimum atomic E-state index is -0.665. The Kier molecular flexibility index (Phi) is 5.56. The van der Waals surface area contributed by atoms with E-state index in [2.05, 4.69) is 13.2 Å². The first-order chi connectivity index (χ1) is 12.5. The Labute approximate surface area is 156 Å². The summed E-state index contributed by atoms with van der Waals surface area (Å²) in [5.74, 6) is -2.43. The van der Waals surface area contributed by atoms with Gasteiger partial charge in [0.15, 0.2) is 5.78 Å². The van der Waals surface area contributed by atoms with E-state index in [4.69, 9.17) is 4.74 Å². The SMILES string of the molecule is C.C=CC1=C(C(=C)O)C(=O)c2c(OC(=O)c3ccccc3)cccc2C1=O. The zero-order chi connectivity index (χ0) is 18.8. The Balaban J connectivity index is 0.00000261. The third-order valence-electron chi connectivity index (χ3n) is 3.94. The van der Waals surface area contributed by atoms with Gasteiger partial charge >= 0.3 is 5.97 Å². The molecule has 5 heteroatoms. The number of Topliss-reactive ketones (excluding diaryl/α,β-unsaturated/α-hetero) is 2. The molecule has 0 saturated carbocycles. The highest BCUT2D eigenvalue weighted by molar-refractivity contribution is 6.30. The van der Waals surface area contributed by atoms with Gasteiger partial charge in [0.05, 0.1) is 16.7 Å². The number of carbonyl (C=O) groups excluding carboxylic acids is 3. The summed E-state index contributed by atoms with van der Waals surface area (Å²) in [5.41, 5.74) is 0.00175. The lowest BCUT2D eigenvalue weighted by molar-refractivity contribution is 0.0731. The topological polar surface area (TPSA) is 80.7 Å². The van der Waals surface area contributed by atoms with Crippen LogP contribution in [-0.4, -0.2) is 22.6 Å². The van der Waals surface area contributed by atoms with Crippen molar-refractivity contribution in [3.8, 4) is 5.75 Å². The van der Waals surface area contributed by atoms with Crippen LogP contribution < -0.4 is 4.74 Å². The molecule has 0 aromatic heterocycles. The van der Waals surface area contributed by atoms with Crippen molar-refractivity contribution in [1.29, 1.82) is 0 Å². The lowest BCUT2D eigenvalue weighted by Gasteiger charge is -2.20. The van der Waals surface area contributed by atoms with Crippen molar-refractivity contribution in [3.63, 3.8) is 0 Å². The number of esters is 1. The molecule has 1 N–H and O–H groups in total. The van der Waals surface area contributed by atoms with Crippen LogP contribution in [-0.2, 0) is 0 Å². The number of aliphatic hydroxyl groups excluding tert-OH is 1. The van der Waals surface area contributed by atoms with E-state index in [9.17, 15) is 19.5 Å². The maximum absolute atomic E-state index is 12.8. The van der Waals surface area contributed by atoms with E-state index in [0.29, 0.717) is 5.56 Å². The second-order valence-corrected chi connectivity index (χ2v) is 5.53. The van der Waals surface area contributed by atoms with Crippen LogP contribution in [0.3, 0.4) is 0 Å². The fourth-order valence-corrected chi connectivity index (χ4v) is 2.76. The Morgan fingerprint density at radius 3 is 2.26 bits per heavy atom. The van der Waals surface area contributed by atoms with Gasteiger partial charge in [-0.3, -0.25) is 9.59 Å². The van der Waals surface area contributed by atoms with Crippen LogP contribution in [0.2, 0.25) is 0 Å². The second-order valence-electron chi connectivity index (χ2n) is 5.53. The molecule has 0 heterocycles. The summed E-state index contributed by atoms with van der Waals surface area (Å²) in [7, 11) is 0. The van der Waals surface area contributed by atoms with E-state index in [1.807, 2.05) is 0 Å². The number of ketones is 2. The normalized spacial score (nSPS) is 12.7. The lowest BCUT2D eigenvalue weighted by atomic mass is 9.83. The standard InChI is InChI=1S/C21H14O5.CH4/c1-3-14-17(12(2)22)20(24)18-15(19(14)23)10-7-11-16(18)26-21(25)13-8-5-4-6-9-13;/h3-11,22H,1-2H2;1H4. The Morgan fingerprint density at radius 2 is 1.67 bits per heavy atom. The molecule has 136 valence electrons. The lowest BCUT2D eigenvalue weighted by Crippen LogP contribution is -2.24. The number of rotatable bonds is 4. The van der Waals surface area contributed by atoms with Crippen LogP contribution in [0.15, 0.2) is 84.7 Å². The monoisotopic (exact) mass is 362 g/mol. The predicted octanol–water partition coefficient (Wildman–Crippen LogP) is 4.48. The largest absolute Gasteiger partial charge is 0.508 e. The van der Waals surface area contributed by atoms with E-state index < -0.39 is 23.3 Å². The first kappa shape index (κ1) is 19.6. The van der Waals surface area contributed by atoms with Crippen molar-refractivity contribution >= 4 is 17.5 Å². The van der Waals surface area contributed by atoms with Gasteiger partial charge in [0.2, 0.25) is 5.78 Å². The zero-order valence-electron chi connectivity index (χ0n) is 13.7. The number of allylic oxidation sites excluding steroid dienone is 3. The van der Waals surface area contributed by atoms with E-state index in [0.717, 1.165) is 0 Å². The molecule has 0 atom stereocenters. The van der Waals surface area contributed by atoms with Gasteiger partial charge in [-0.2, -0.15) is 0 Å². The number of fused-ring (bicyclic) bond motifs is 1. The van der Waals surface area contributed by atoms with Gasteiger partial charge in [-0.25, -0.2) is 4.79 Å². The molecule has 1 aliphatic carbocycles. The highest BCUT2D eigenvalue weighted by Gasteiger charge is 2.35. The van der Waals surface area contributed by atoms with Crippen LogP contribution in [0.25, 0.3) is 0 Å².